The molecule has 0 aromatic heterocycles. The number of hydrogen-bond acceptors (Lipinski definition) is 40. The number of aliphatic hydroxyl groups excluding tert-OH is 20. The van der Waals surface area contributed by atoms with E-state index in [1.165, 1.54) is 25.1 Å². The summed E-state index contributed by atoms with van der Waals surface area (Å²) in [6.07, 6.45) is -52.1. The van der Waals surface area contributed by atoms with E-state index >= 15 is 9.59 Å². The van der Waals surface area contributed by atoms with Gasteiger partial charge in [0.25, 0.3) is 0 Å². The lowest BCUT2D eigenvalue weighted by atomic mass is 9.33. The van der Waals surface area contributed by atoms with E-state index in [1.807, 2.05) is 6.92 Å². The zero-order chi connectivity index (χ0) is 88.2. The van der Waals surface area contributed by atoms with Gasteiger partial charge in [0.1, 0.15) is 146 Å². The number of carbonyl (C=O) groups is 3. The van der Waals surface area contributed by atoms with Crippen molar-refractivity contribution < 1.29 is 198 Å². The zero-order valence-electron chi connectivity index (χ0n) is 68.2. The van der Waals surface area contributed by atoms with Crippen molar-refractivity contribution in [3.63, 3.8) is 0 Å². The Balaban J connectivity index is 0.766. The maximum Gasteiger partial charge on any atom is 0.338 e. The van der Waals surface area contributed by atoms with Crippen molar-refractivity contribution in [3.8, 4) is 11.5 Å². The van der Waals surface area contributed by atoms with E-state index in [4.69, 9.17) is 66.3 Å². The summed E-state index contributed by atoms with van der Waals surface area (Å²) in [7, 11) is 0. The monoisotopic (exact) mass is 1730 g/mol. The van der Waals surface area contributed by atoms with Crippen molar-refractivity contribution in [1.29, 1.82) is 0 Å². The van der Waals surface area contributed by atoms with Crippen LogP contribution in [0.2, 0.25) is 0 Å². The number of phenolic OH excluding ortho intramolecular Hbond substituents is 2. The van der Waals surface area contributed by atoms with Crippen LogP contribution in [0.15, 0.2) is 35.9 Å². The molecule has 12 aliphatic rings. The molecule has 6 aliphatic carbocycles. The second-order valence-electron chi connectivity index (χ2n) is 37.3. The zero-order valence-corrected chi connectivity index (χ0v) is 68.2. The minimum atomic E-state index is -2.64. The molecule has 0 bridgehead atoms. The van der Waals surface area contributed by atoms with Crippen LogP contribution in [0.25, 0.3) is 6.08 Å². The van der Waals surface area contributed by atoms with Crippen molar-refractivity contribution in [2.45, 2.75) is 334 Å². The lowest BCUT2D eigenvalue weighted by Gasteiger charge is -2.71. The molecule has 40 heteroatoms. The Morgan fingerprint density at radius 1 is 0.504 bits per heavy atom. The molecule has 0 spiro atoms. The highest BCUT2D eigenvalue weighted by atomic mass is 16.8. The van der Waals surface area contributed by atoms with Crippen LogP contribution in [-0.4, -0.2) is 383 Å². The number of ether oxygens (including phenoxy) is 14. The number of allylic oxidation sites excluding steroid dienone is 2. The molecule has 5 saturated carbocycles. The number of aromatic hydroxyl groups is 2. The van der Waals surface area contributed by atoms with Crippen LogP contribution in [-0.2, 0) is 80.7 Å². The second-order valence-corrected chi connectivity index (χ2v) is 37.3. The lowest BCUT2D eigenvalue weighted by molar-refractivity contribution is -0.390. The SMILES string of the molecule is C[C@@H]1O[C@@H](O[C@H]2[C@H](O[C@H]3CC[C@@]4(C)C(CC[C@]5(C)C4CC=C4C6CC(C)(C)CC[C@]6(C(=O)O[C@@H]6O[C@H](CO[C@@H]7OC(CO)[C@@H](O)[C@H](O)C7O)[C@@H](O)[C@H](O)[C@H]6O)CC[C@]45C)[C@]3(C)COC(=O)[C@]3(O)C[C@@H](O)[C@@H](O)[C@H](OC(=O)/C=C/c4ccc(O)c(O)c4)C3)OC[C@H](O)[C@@H]2O)[C@H](O)[C@H](O[C@@H]2O[C@H](CO)[C@@H](O[C@@H]3O[C@H](CO)[C@@H](O)[C@H](O)[C@H]3O)[C@H](O)[C@H]2O)[C@H]1O. The van der Waals surface area contributed by atoms with E-state index < -0.39 is 329 Å². The highest BCUT2D eigenvalue weighted by molar-refractivity contribution is 5.87. The van der Waals surface area contributed by atoms with Crippen molar-refractivity contribution in [2.24, 2.45) is 50.2 Å². The Morgan fingerprint density at radius 2 is 1.08 bits per heavy atom. The van der Waals surface area contributed by atoms with Crippen LogP contribution in [0.4, 0.5) is 0 Å². The normalized spacial score (nSPS) is 50.0. The predicted molar refractivity (Wildman–Crippen MR) is 401 cm³/mol. The summed E-state index contributed by atoms with van der Waals surface area (Å²) in [4.78, 5) is 43.9. The largest absolute Gasteiger partial charge is 0.504 e. The van der Waals surface area contributed by atoms with Crippen LogP contribution < -0.4 is 0 Å². The molecule has 0 amide bonds. The van der Waals surface area contributed by atoms with Gasteiger partial charge in [0, 0.05) is 24.3 Å². The number of fused-ring (bicyclic) bond motifs is 7. The van der Waals surface area contributed by atoms with Gasteiger partial charge in [-0.05, 0) is 134 Å². The lowest BCUT2D eigenvalue weighted by Crippen LogP contribution is -2.68. The Morgan fingerprint density at radius 3 is 1.74 bits per heavy atom. The first kappa shape index (κ1) is 94.1. The quantitative estimate of drug-likeness (QED) is 0.0128. The van der Waals surface area contributed by atoms with Gasteiger partial charge in [-0.25, -0.2) is 9.59 Å². The van der Waals surface area contributed by atoms with Gasteiger partial charge in [-0.1, -0.05) is 59.3 Å². The van der Waals surface area contributed by atoms with E-state index in [1.54, 1.807) is 0 Å². The maximum absolute atomic E-state index is 15.5. The van der Waals surface area contributed by atoms with Crippen LogP contribution in [0.1, 0.15) is 131 Å². The number of esters is 3. The van der Waals surface area contributed by atoms with Crippen LogP contribution >= 0.6 is 0 Å². The molecule has 686 valence electrons. The van der Waals surface area contributed by atoms with E-state index in [0.717, 1.165) is 17.7 Å². The third-order valence-corrected chi connectivity index (χ3v) is 29.4. The summed E-state index contributed by atoms with van der Waals surface area (Å²) in [6.45, 7) is 9.61. The molecule has 42 atom stereocenters. The first-order chi connectivity index (χ1) is 56.8. The molecule has 6 heterocycles. The topological polar surface area (TPSA) is 646 Å². The minimum Gasteiger partial charge on any atom is -0.504 e. The summed E-state index contributed by atoms with van der Waals surface area (Å²) < 4.78 is 83.9. The molecule has 6 saturated heterocycles. The van der Waals surface area contributed by atoms with Crippen LogP contribution in [0, 0.1) is 50.2 Å². The van der Waals surface area contributed by atoms with E-state index in [9.17, 15) is 122 Å². The third kappa shape index (κ3) is 17.4. The molecule has 6 aliphatic heterocycles. The molecule has 1 aromatic carbocycles. The fraction of sp³-hybridized carbons (Fsp3) is 0.840. The van der Waals surface area contributed by atoms with Crippen molar-refractivity contribution in [2.75, 3.05) is 39.6 Å². The first-order valence-electron chi connectivity index (χ1n) is 41.6. The molecule has 40 nitrogen and oxygen atoms in total. The highest BCUT2D eigenvalue weighted by Crippen LogP contribution is 2.76. The standard InChI is InChI=1S/C81H122O40/c1-32-49(90)65(119-69-62(103)58(99)64(43(28-84)115-69)118-68-60(101)56(97)53(94)42(27-83)114-68)63(104)71(111-32)120-66-51(92)39(88)29-108-72(66)117-47-15-16-76(4)45(77(47,5)31-110-74(106)81(107)24-38(87)50(91)40(25-81)112-48(89)13-9-33-8-11-36(85)37(86)22-33)14-17-79(7)46(76)12-10-34-35-23-75(2,3)18-20-80(35,21-19-78(34,79)6)73(105)121-70-61(102)57(98)54(95)44(116-70)30-109-67-59(100)55(96)52(93)41(26-82)113-67/h8-11,13,22,32,35,38-47,49-72,82-88,90-104,107H,12,14-21,23-31H2,1-7H3/b13-9+/t32-,35?,38+,39-,40+,41?,42+,43+,44+,45?,46?,47-,49-,50+,51-,52+,53+,54+,55-,56-,57-,58+,59?,60+,61+,62+,63+,64+,65+,66+,67+,68-,69-,70-,71-,72-,76-,77-,78+,79+,80-,81-/m0/s1. The predicted octanol–water partition coefficient (Wildman–Crippen LogP) is -5.91. The van der Waals surface area contributed by atoms with E-state index in [0.29, 0.717) is 51.4 Å². The molecule has 1 aromatic rings. The van der Waals surface area contributed by atoms with Gasteiger partial charge in [-0.2, -0.15) is 0 Å². The molecule has 13 rings (SSSR count). The van der Waals surface area contributed by atoms with Gasteiger partial charge in [0.2, 0.25) is 6.29 Å². The van der Waals surface area contributed by atoms with E-state index in [-0.39, 0.29) is 29.7 Å². The molecular formula is C81H122O40. The Bertz CT molecular complexity index is 3810. The van der Waals surface area contributed by atoms with Crippen molar-refractivity contribution in [1.82, 2.24) is 0 Å². The van der Waals surface area contributed by atoms with Gasteiger partial charge < -0.3 is 184 Å². The number of rotatable bonds is 22. The van der Waals surface area contributed by atoms with Crippen molar-refractivity contribution >= 4 is 24.0 Å². The van der Waals surface area contributed by atoms with Gasteiger partial charge in [0.05, 0.1) is 63.4 Å². The van der Waals surface area contributed by atoms with Gasteiger partial charge in [-0.15, -0.1) is 0 Å². The van der Waals surface area contributed by atoms with Crippen LogP contribution in [0.3, 0.4) is 0 Å². The average molecular weight is 1740 g/mol. The molecular weight excluding hydrogens is 1610 g/mol. The third-order valence-electron chi connectivity index (χ3n) is 29.4. The first-order valence-corrected chi connectivity index (χ1v) is 41.6. The molecule has 11 fully saturated rings. The Hall–Kier alpha value is -4.57. The number of hydrogen-bond donors (Lipinski definition) is 23. The smallest absolute Gasteiger partial charge is 0.338 e. The van der Waals surface area contributed by atoms with Crippen molar-refractivity contribution in [3.05, 3.63) is 41.5 Å². The maximum atomic E-state index is 15.5. The molecule has 23 N–H and O–H groups in total. The molecule has 5 unspecified atom stereocenters. The second kappa shape index (κ2) is 36.2. The summed E-state index contributed by atoms with van der Waals surface area (Å²) in [5, 5.41) is 252. The summed E-state index contributed by atoms with van der Waals surface area (Å²) in [5.41, 5.74) is -6.27. The summed E-state index contributed by atoms with van der Waals surface area (Å²) in [5.74, 6) is -5.21. The average Bonchev–Trinajstić information content (AvgIpc) is 0.672. The number of aliphatic hydroxyl groups is 21. The summed E-state index contributed by atoms with van der Waals surface area (Å²) >= 11 is 0. The van der Waals surface area contributed by atoms with E-state index in [2.05, 4.69) is 40.7 Å². The Kier molecular flexibility index (Phi) is 28.1. The highest BCUT2D eigenvalue weighted by Gasteiger charge is 2.72. The van der Waals surface area contributed by atoms with Crippen LogP contribution in [0.5, 0.6) is 11.5 Å². The van der Waals surface area contributed by atoms with Gasteiger partial charge in [0.15, 0.2) is 48.6 Å². The molecule has 121 heavy (non-hydrogen) atoms. The number of benzene rings is 1. The fourth-order valence-corrected chi connectivity index (χ4v) is 21.9. The summed E-state index contributed by atoms with van der Waals surface area (Å²) in [6, 6.07) is 3.70. The Labute approximate surface area is 696 Å². The number of phenols is 2. The molecule has 0 radical (unpaired) electrons. The fourth-order valence-electron chi connectivity index (χ4n) is 21.9. The number of carbonyl (C=O) groups excluding carboxylic acids is 3. The van der Waals surface area contributed by atoms with Gasteiger partial charge >= 0.3 is 17.9 Å². The minimum absolute atomic E-state index is 0.129. The van der Waals surface area contributed by atoms with Gasteiger partial charge in [-0.3, -0.25) is 4.79 Å².